The van der Waals surface area contributed by atoms with Crippen molar-refractivity contribution in [3.05, 3.63) is 54.2 Å². The standard InChI is InChI=1S/C13H12FN5/c14-10-3-1-2-9(6-10)7-17-12-13-16-4-5-19(13)8-11(15)18-12/h1-6,8H,7,15H2,(H,17,18). The summed E-state index contributed by atoms with van der Waals surface area (Å²) in [5.41, 5.74) is 7.23. The van der Waals surface area contributed by atoms with Crippen LogP contribution in [0.15, 0.2) is 42.9 Å². The number of imidazole rings is 1. The van der Waals surface area contributed by atoms with Crippen LogP contribution >= 0.6 is 0 Å². The largest absolute Gasteiger partial charge is 0.382 e. The van der Waals surface area contributed by atoms with E-state index in [4.69, 9.17) is 5.73 Å². The number of nitrogen functional groups attached to an aromatic ring is 1. The Kier molecular flexibility index (Phi) is 2.75. The molecular formula is C13H12FN5. The first-order valence-electron chi connectivity index (χ1n) is 5.80. The molecule has 6 heteroatoms. The van der Waals surface area contributed by atoms with Crippen molar-refractivity contribution in [1.82, 2.24) is 14.4 Å². The van der Waals surface area contributed by atoms with Gasteiger partial charge in [-0.05, 0) is 17.7 Å². The molecule has 2 heterocycles. The Morgan fingerprint density at radius 1 is 1.37 bits per heavy atom. The summed E-state index contributed by atoms with van der Waals surface area (Å²) in [6, 6.07) is 6.40. The number of rotatable bonds is 3. The summed E-state index contributed by atoms with van der Waals surface area (Å²) in [5, 5.41) is 3.12. The summed E-state index contributed by atoms with van der Waals surface area (Å²) < 4.78 is 14.9. The lowest BCUT2D eigenvalue weighted by Crippen LogP contribution is -2.06. The molecular weight excluding hydrogens is 245 g/mol. The molecule has 0 spiro atoms. The third-order valence-electron chi connectivity index (χ3n) is 2.74. The van der Waals surface area contributed by atoms with Crippen LogP contribution in [0.25, 0.3) is 5.65 Å². The molecule has 0 amide bonds. The molecule has 0 aliphatic carbocycles. The first-order chi connectivity index (χ1) is 9.22. The van der Waals surface area contributed by atoms with Gasteiger partial charge in [-0.1, -0.05) is 12.1 Å². The maximum absolute atomic E-state index is 13.1. The Bertz CT molecular complexity index is 722. The number of hydrogen-bond acceptors (Lipinski definition) is 4. The van der Waals surface area contributed by atoms with Gasteiger partial charge in [0.1, 0.15) is 11.6 Å². The van der Waals surface area contributed by atoms with Crippen molar-refractivity contribution in [3.63, 3.8) is 0 Å². The number of fused-ring (bicyclic) bond motifs is 1. The fourth-order valence-electron chi connectivity index (χ4n) is 1.90. The highest BCUT2D eigenvalue weighted by molar-refractivity contribution is 5.64. The summed E-state index contributed by atoms with van der Waals surface area (Å²) in [6.07, 6.45) is 5.15. The quantitative estimate of drug-likeness (QED) is 0.753. The minimum absolute atomic E-state index is 0.259. The van der Waals surface area contributed by atoms with E-state index in [0.29, 0.717) is 23.8 Å². The lowest BCUT2D eigenvalue weighted by atomic mass is 10.2. The van der Waals surface area contributed by atoms with Crippen LogP contribution in [-0.2, 0) is 6.54 Å². The van der Waals surface area contributed by atoms with Gasteiger partial charge in [0.05, 0.1) is 6.20 Å². The Hall–Kier alpha value is -2.63. The SMILES string of the molecule is Nc1cn2ccnc2c(NCc2cccc(F)c2)n1. The number of aromatic nitrogens is 3. The lowest BCUT2D eigenvalue weighted by molar-refractivity contribution is 0.626. The summed E-state index contributed by atoms with van der Waals surface area (Å²) in [6.45, 7) is 0.455. The Morgan fingerprint density at radius 2 is 2.26 bits per heavy atom. The second kappa shape index (κ2) is 4.56. The highest BCUT2D eigenvalue weighted by atomic mass is 19.1. The van der Waals surface area contributed by atoms with Gasteiger partial charge in [-0.25, -0.2) is 14.4 Å². The Labute approximate surface area is 108 Å². The van der Waals surface area contributed by atoms with E-state index < -0.39 is 0 Å². The molecule has 2 aromatic heterocycles. The molecule has 0 aliphatic heterocycles. The normalized spacial score (nSPS) is 10.8. The molecule has 0 fully saturated rings. The van der Waals surface area contributed by atoms with E-state index in [-0.39, 0.29) is 5.82 Å². The molecule has 3 aromatic rings. The van der Waals surface area contributed by atoms with Crippen molar-refractivity contribution >= 4 is 17.3 Å². The van der Waals surface area contributed by atoms with Crippen LogP contribution in [0, 0.1) is 5.82 Å². The third kappa shape index (κ3) is 2.33. The Morgan fingerprint density at radius 3 is 3.11 bits per heavy atom. The number of hydrogen-bond donors (Lipinski definition) is 2. The van der Waals surface area contributed by atoms with E-state index in [1.807, 2.05) is 6.07 Å². The zero-order valence-electron chi connectivity index (χ0n) is 10.0. The molecule has 0 saturated heterocycles. The lowest BCUT2D eigenvalue weighted by Gasteiger charge is -2.08. The number of nitrogens with one attached hydrogen (secondary N) is 1. The number of benzene rings is 1. The summed E-state index contributed by atoms with van der Waals surface area (Å²) >= 11 is 0. The molecule has 0 radical (unpaired) electrons. The zero-order valence-corrected chi connectivity index (χ0v) is 10.0. The number of nitrogens with zero attached hydrogens (tertiary/aromatic N) is 3. The molecule has 19 heavy (non-hydrogen) atoms. The molecule has 0 bridgehead atoms. The molecule has 96 valence electrons. The van der Waals surface area contributed by atoms with Crippen LogP contribution in [0.1, 0.15) is 5.56 Å². The first-order valence-corrected chi connectivity index (χ1v) is 5.80. The second-order valence-electron chi connectivity index (χ2n) is 4.16. The molecule has 0 saturated carbocycles. The molecule has 1 aromatic carbocycles. The van der Waals surface area contributed by atoms with Crippen molar-refractivity contribution < 1.29 is 4.39 Å². The predicted molar refractivity (Wildman–Crippen MR) is 71.1 cm³/mol. The zero-order chi connectivity index (χ0) is 13.2. The molecule has 3 rings (SSSR count). The van der Waals surface area contributed by atoms with E-state index >= 15 is 0 Å². The number of halogens is 1. The van der Waals surface area contributed by atoms with Gasteiger partial charge in [0.2, 0.25) is 0 Å². The average Bonchev–Trinajstić information content (AvgIpc) is 2.84. The highest BCUT2D eigenvalue weighted by Crippen LogP contribution is 2.15. The second-order valence-corrected chi connectivity index (χ2v) is 4.16. The minimum Gasteiger partial charge on any atom is -0.382 e. The van der Waals surface area contributed by atoms with Crippen molar-refractivity contribution in [2.24, 2.45) is 0 Å². The van der Waals surface area contributed by atoms with Gasteiger partial charge in [-0.3, -0.25) is 0 Å². The molecule has 0 unspecified atom stereocenters. The van der Waals surface area contributed by atoms with Crippen LogP contribution < -0.4 is 11.1 Å². The summed E-state index contributed by atoms with van der Waals surface area (Å²) in [4.78, 5) is 8.40. The smallest absolute Gasteiger partial charge is 0.180 e. The van der Waals surface area contributed by atoms with Crippen LogP contribution in [0.2, 0.25) is 0 Å². The van der Waals surface area contributed by atoms with Crippen molar-refractivity contribution in [2.75, 3.05) is 11.1 Å². The van der Waals surface area contributed by atoms with E-state index in [0.717, 1.165) is 5.56 Å². The van der Waals surface area contributed by atoms with Crippen LogP contribution in [0.4, 0.5) is 16.0 Å². The maximum Gasteiger partial charge on any atom is 0.180 e. The van der Waals surface area contributed by atoms with Gasteiger partial charge in [0.15, 0.2) is 11.5 Å². The van der Waals surface area contributed by atoms with Gasteiger partial charge < -0.3 is 15.5 Å². The van der Waals surface area contributed by atoms with Gasteiger partial charge in [0, 0.05) is 18.9 Å². The van der Waals surface area contributed by atoms with Crippen LogP contribution in [0.5, 0.6) is 0 Å². The van der Waals surface area contributed by atoms with Crippen LogP contribution in [-0.4, -0.2) is 14.4 Å². The first kappa shape index (κ1) is 11.5. The van der Waals surface area contributed by atoms with E-state index in [1.54, 1.807) is 29.1 Å². The van der Waals surface area contributed by atoms with Crippen LogP contribution in [0.3, 0.4) is 0 Å². The highest BCUT2D eigenvalue weighted by Gasteiger charge is 2.05. The van der Waals surface area contributed by atoms with Gasteiger partial charge in [-0.2, -0.15) is 0 Å². The van der Waals surface area contributed by atoms with E-state index in [1.165, 1.54) is 12.1 Å². The van der Waals surface area contributed by atoms with Gasteiger partial charge >= 0.3 is 0 Å². The number of nitrogens with two attached hydrogens (primary N) is 1. The fourth-order valence-corrected chi connectivity index (χ4v) is 1.90. The van der Waals surface area contributed by atoms with E-state index in [9.17, 15) is 4.39 Å². The van der Waals surface area contributed by atoms with E-state index in [2.05, 4.69) is 15.3 Å². The molecule has 0 atom stereocenters. The predicted octanol–water partition coefficient (Wildman–Crippen LogP) is 2.06. The van der Waals surface area contributed by atoms with Crippen molar-refractivity contribution in [2.45, 2.75) is 6.54 Å². The van der Waals surface area contributed by atoms with Gasteiger partial charge in [-0.15, -0.1) is 0 Å². The minimum atomic E-state index is -0.259. The Balaban J connectivity index is 1.87. The topological polar surface area (TPSA) is 68.2 Å². The fraction of sp³-hybridized carbons (Fsp3) is 0.0769. The monoisotopic (exact) mass is 257 g/mol. The van der Waals surface area contributed by atoms with Gasteiger partial charge in [0.25, 0.3) is 0 Å². The number of anilines is 2. The molecule has 0 aliphatic rings. The maximum atomic E-state index is 13.1. The molecule has 3 N–H and O–H groups in total. The average molecular weight is 257 g/mol. The third-order valence-corrected chi connectivity index (χ3v) is 2.74. The molecule has 5 nitrogen and oxygen atoms in total. The van der Waals surface area contributed by atoms with Crippen molar-refractivity contribution in [3.8, 4) is 0 Å². The van der Waals surface area contributed by atoms with Crippen molar-refractivity contribution in [1.29, 1.82) is 0 Å². The summed E-state index contributed by atoms with van der Waals surface area (Å²) in [5.74, 6) is 0.715. The summed E-state index contributed by atoms with van der Waals surface area (Å²) in [7, 11) is 0.